The average Bonchev–Trinajstić information content (AvgIpc) is 2.47. The highest BCUT2D eigenvalue weighted by Gasteiger charge is 2.10. The topological polar surface area (TPSA) is 62.2 Å². The number of carbonyl (C=O) groups is 1. The largest absolute Gasteiger partial charge is 0.477 e. The van der Waals surface area contributed by atoms with Crippen LogP contribution in [-0.2, 0) is 0 Å². The molecule has 21 heavy (non-hydrogen) atoms. The maximum Gasteiger partial charge on any atom is 0.354 e. The van der Waals surface area contributed by atoms with Crippen LogP contribution in [0.1, 0.15) is 10.5 Å². The van der Waals surface area contributed by atoms with E-state index in [0.29, 0.717) is 5.52 Å². The number of nitrogens with one attached hydrogen (secondary N) is 1. The zero-order valence-electron chi connectivity index (χ0n) is 10.9. The molecule has 0 aliphatic carbocycles. The number of carboxylic acid groups (broad SMARTS) is 1. The number of aromatic carboxylic acids is 1. The van der Waals surface area contributed by atoms with Crippen LogP contribution in [0.4, 0.5) is 11.4 Å². The lowest BCUT2D eigenvalue weighted by molar-refractivity contribution is 0.0691. The molecule has 5 heteroatoms. The van der Waals surface area contributed by atoms with Gasteiger partial charge < -0.3 is 10.4 Å². The number of anilines is 2. The van der Waals surface area contributed by atoms with Crippen molar-refractivity contribution < 1.29 is 9.90 Å². The van der Waals surface area contributed by atoms with Crippen molar-refractivity contribution >= 4 is 50.8 Å². The highest BCUT2D eigenvalue weighted by atomic mass is 127. The van der Waals surface area contributed by atoms with Crippen LogP contribution in [-0.4, -0.2) is 16.1 Å². The minimum absolute atomic E-state index is 0.0295. The van der Waals surface area contributed by atoms with Crippen molar-refractivity contribution in [2.24, 2.45) is 0 Å². The van der Waals surface area contributed by atoms with Crippen molar-refractivity contribution in [3.63, 3.8) is 0 Å². The zero-order valence-corrected chi connectivity index (χ0v) is 13.0. The maximum absolute atomic E-state index is 11.2. The Morgan fingerprint density at radius 3 is 2.67 bits per heavy atom. The van der Waals surface area contributed by atoms with Gasteiger partial charge in [0.1, 0.15) is 0 Å². The Hall–Kier alpha value is -2.15. The van der Waals surface area contributed by atoms with Gasteiger partial charge in [-0.25, -0.2) is 9.78 Å². The predicted octanol–water partition coefficient (Wildman–Crippen LogP) is 4.28. The van der Waals surface area contributed by atoms with Gasteiger partial charge >= 0.3 is 5.97 Å². The second-order valence-corrected chi connectivity index (χ2v) is 5.76. The molecule has 4 nitrogen and oxygen atoms in total. The predicted molar refractivity (Wildman–Crippen MR) is 91.1 cm³/mol. The lowest BCUT2D eigenvalue weighted by Gasteiger charge is -2.11. The van der Waals surface area contributed by atoms with Gasteiger partial charge in [0.25, 0.3) is 0 Å². The molecule has 0 amide bonds. The van der Waals surface area contributed by atoms with Gasteiger partial charge in [0, 0.05) is 14.6 Å². The Bertz CT molecular complexity index is 833. The van der Waals surface area contributed by atoms with E-state index in [-0.39, 0.29) is 5.69 Å². The standard InChI is InChI=1S/C16H11IN2O2/c17-10-4-3-5-11(8-10)18-14-9-15(16(20)21)19-13-7-2-1-6-12(13)14/h1-9H,(H,18,19)(H,20,21). The van der Waals surface area contributed by atoms with Gasteiger partial charge in [-0.1, -0.05) is 24.3 Å². The maximum atomic E-state index is 11.2. The molecule has 0 atom stereocenters. The van der Waals surface area contributed by atoms with E-state index < -0.39 is 5.97 Å². The normalized spacial score (nSPS) is 10.5. The van der Waals surface area contributed by atoms with Crippen LogP contribution in [0.3, 0.4) is 0 Å². The van der Waals surface area contributed by atoms with Crippen molar-refractivity contribution in [1.82, 2.24) is 4.98 Å². The van der Waals surface area contributed by atoms with Crippen LogP contribution in [0.15, 0.2) is 54.6 Å². The number of rotatable bonds is 3. The van der Waals surface area contributed by atoms with Gasteiger partial charge in [-0.2, -0.15) is 0 Å². The van der Waals surface area contributed by atoms with Gasteiger partial charge in [0.05, 0.1) is 11.2 Å². The summed E-state index contributed by atoms with van der Waals surface area (Å²) >= 11 is 2.24. The molecular weight excluding hydrogens is 379 g/mol. The number of aromatic nitrogens is 1. The highest BCUT2D eigenvalue weighted by molar-refractivity contribution is 14.1. The lowest BCUT2D eigenvalue weighted by atomic mass is 10.1. The molecule has 0 spiro atoms. The fourth-order valence-corrected chi connectivity index (χ4v) is 2.65. The molecule has 104 valence electrons. The molecular formula is C16H11IN2O2. The van der Waals surface area contributed by atoms with E-state index in [4.69, 9.17) is 0 Å². The SMILES string of the molecule is O=C(O)c1cc(Nc2cccc(I)c2)c2ccccc2n1. The summed E-state index contributed by atoms with van der Waals surface area (Å²) in [6.07, 6.45) is 0. The first-order valence-corrected chi connectivity index (χ1v) is 7.37. The molecule has 1 heterocycles. The minimum atomic E-state index is -1.04. The third-order valence-corrected chi connectivity index (χ3v) is 3.71. The fraction of sp³-hybridized carbons (Fsp3) is 0. The van der Waals surface area contributed by atoms with Gasteiger partial charge in [-0.15, -0.1) is 0 Å². The molecule has 3 rings (SSSR count). The molecule has 0 unspecified atom stereocenters. The van der Waals surface area contributed by atoms with Crippen molar-refractivity contribution in [3.05, 3.63) is 63.9 Å². The fourth-order valence-electron chi connectivity index (χ4n) is 2.11. The van der Waals surface area contributed by atoms with Crippen LogP contribution >= 0.6 is 22.6 Å². The monoisotopic (exact) mass is 390 g/mol. The van der Waals surface area contributed by atoms with Crippen LogP contribution < -0.4 is 5.32 Å². The summed E-state index contributed by atoms with van der Waals surface area (Å²) in [6, 6.07) is 16.9. The molecule has 0 fully saturated rings. The number of hydrogen-bond acceptors (Lipinski definition) is 3. The van der Waals surface area contributed by atoms with Crippen molar-refractivity contribution in [2.75, 3.05) is 5.32 Å². The number of benzene rings is 2. The van der Waals surface area contributed by atoms with Gasteiger partial charge in [0.15, 0.2) is 5.69 Å². The summed E-state index contributed by atoms with van der Waals surface area (Å²) in [6.45, 7) is 0. The summed E-state index contributed by atoms with van der Waals surface area (Å²) < 4.78 is 1.11. The minimum Gasteiger partial charge on any atom is -0.477 e. The van der Waals surface area contributed by atoms with Crippen molar-refractivity contribution in [1.29, 1.82) is 0 Å². The average molecular weight is 390 g/mol. The number of fused-ring (bicyclic) bond motifs is 1. The van der Waals surface area contributed by atoms with E-state index in [9.17, 15) is 9.90 Å². The smallest absolute Gasteiger partial charge is 0.354 e. The third-order valence-electron chi connectivity index (χ3n) is 3.04. The van der Waals surface area contributed by atoms with E-state index in [1.807, 2.05) is 48.5 Å². The molecule has 0 saturated carbocycles. The molecule has 0 bridgehead atoms. The molecule has 1 aromatic heterocycles. The second-order valence-electron chi connectivity index (χ2n) is 4.51. The van der Waals surface area contributed by atoms with E-state index >= 15 is 0 Å². The van der Waals surface area contributed by atoms with Crippen molar-refractivity contribution in [3.8, 4) is 0 Å². The number of para-hydroxylation sites is 1. The van der Waals surface area contributed by atoms with Gasteiger partial charge in [-0.05, 0) is 52.9 Å². The summed E-state index contributed by atoms with van der Waals surface area (Å²) in [7, 11) is 0. The Labute approximate surface area is 135 Å². The summed E-state index contributed by atoms with van der Waals surface area (Å²) in [5.41, 5.74) is 2.34. The van der Waals surface area contributed by atoms with E-state index in [2.05, 4.69) is 32.9 Å². The quantitative estimate of drug-likeness (QED) is 0.656. The van der Waals surface area contributed by atoms with Crippen LogP contribution in [0, 0.1) is 3.57 Å². The second kappa shape index (κ2) is 5.69. The molecule has 0 saturated heterocycles. The molecule has 3 aromatic rings. The molecule has 0 radical (unpaired) electrons. The molecule has 2 N–H and O–H groups in total. The first kappa shape index (κ1) is 13.8. The van der Waals surface area contributed by atoms with Gasteiger partial charge in [-0.3, -0.25) is 0 Å². The van der Waals surface area contributed by atoms with E-state index in [1.54, 1.807) is 6.07 Å². The summed E-state index contributed by atoms with van der Waals surface area (Å²) in [5.74, 6) is -1.04. The Morgan fingerprint density at radius 2 is 1.90 bits per heavy atom. The number of nitrogens with zero attached hydrogens (tertiary/aromatic N) is 1. The zero-order chi connectivity index (χ0) is 14.8. The summed E-state index contributed by atoms with van der Waals surface area (Å²) in [4.78, 5) is 15.4. The first-order valence-electron chi connectivity index (χ1n) is 6.29. The Morgan fingerprint density at radius 1 is 1.10 bits per heavy atom. The highest BCUT2D eigenvalue weighted by Crippen LogP contribution is 2.27. The molecule has 0 aliphatic heterocycles. The van der Waals surface area contributed by atoms with Crippen molar-refractivity contribution in [2.45, 2.75) is 0 Å². The van der Waals surface area contributed by atoms with E-state index in [0.717, 1.165) is 20.3 Å². The number of hydrogen-bond donors (Lipinski definition) is 2. The number of pyridine rings is 1. The van der Waals surface area contributed by atoms with Crippen LogP contribution in [0.2, 0.25) is 0 Å². The van der Waals surface area contributed by atoms with Gasteiger partial charge in [0.2, 0.25) is 0 Å². The molecule has 0 aliphatic rings. The van der Waals surface area contributed by atoms with E-state index in [1.165, 1.54) is 0 Å². The molecule has 2 aromatic carbocycles. The lowest BCUT2D eigenvalue weighted by Crippen LogP contribution is -2.03. The van der Waals surface area contributed by atoms with Crippen LogP contribution in [0.25, 0.3) is 10.9 Å². The van der Waals surface area contributed by atoms with Crippen LogP contribution in [0.5, 0.6) is 0 Å². The number of carboxylic acids is 1. The Kier molecular flexibility index (Phi) is 3.74. The third kappa shape index (κ3) is 2.97. The first-order chi connectivity index (χ1) is 10.1. The Balaban J connectivity index is 2.13. The summed E-state index contributed by atoms with van der Waals surface area (Å²) in [5, 5.41) is 13.4. The number of halogens is 1.